The first-order valence-electron chi connectivity index (χ1n) is 9.67. The zero-order valence-electron chi connectivity index (χ0n) is 16.2. The predicted octanol–water partition coefficient (Wildman–Crippen LogP) is 5.42. The van der Waals surface area contributed by atoms with Gasteiger partial charge in [-0.15, -0.1) is 0 Å². The molecule has 146 valence electrons. The predicted molar refractivity (Wildman–Crippen MR) is 117 cm³/mol. The van der Waals surface area contributed by atoms with Crippen LogP contribution >= 0.6 is 11.6 Å². The molecule has 0 spiro atoms. The van der Waals surface area contributed by atoms with Crippen molar-refractivity contribution in [3.05, 3.63) is 101 Å². The molecule has 1 atom stereocenters. The second-order valence-electron chi connectivity index (χ2n) is 7.05. The number of nitrogens with one attached hydrogen (secondary N) is 1. The third-order valence-corrected chi connectivity index (χ3v) is 5.24. The van der Waals surface area contributed by atoms with Gasteiger partial charge in [-0.1, -0.05) is 54.1 Å². The van der Waals surface area contributed by atoms with E-state index in [4.69, 9.17) is 16.6 Å². The molecular formula is C24H22ClN3O. The second-order valence-corrected chi connectivity index (χ2v) is 7.48. The molecule has 3 aromatic carbocycles. The van der Waals surface area contributed by atoms with Gasteiger partial charge in [-0.3, -0.25) is 4.79 Å². The fourth-order valence-electron chi connectivity index (χ4n) is 3.49. The second kappa shape index (κ2) is 8.50. The molecule has 0 bridgehead atoms. The number of aromatic nitrogens is 2. The molecule has 29 heavy (non-hydrogen) atoms. The lowest BCUT2D eigenvalue weighted by molar-refractivity contribution is 0.0937. The summed E-state index contributed by atoms with van der Waals surface area (Å²) in [4.78, 5) is 17.5. The van der Waals surface area contributed by atoms with Crippen LogP contribution in [0.3, 0.4) is 0 Å². The lowest BCUT2D eigenvalue weighted by Gasteiger charge is -2.16. The van der Waals surface area contributed by atoms with Crippen LogP contribution in [-0.2, 0) is 13.0 Å². The third-order valence-electron chi connectivity index (χ3n) is 4.99. The van der Waals surface area contributed by atoms with Gasteiger partial charge in [0.25, 0.3) is 5.91 Å². The Morgan fingerprint density at radius 1 is 1.00 bits per heavy atom. The zero-order valence-corrected chi connectivity index (χ0v) is 16.9. The van der Waals surface area contributed by atoms with Gasteiger partial charge in [-0.05, 0) is 55.3 Å². The summed E-state index contributed by atoms with van der Waals surface area (Å²) in [5.41, 5.74) is 3.86. The fraction of sp³-hybridized carbons (Fsp3) is 0.167. The van der Waals surface area contributed by atoms with Gasteiger partial charge in [0.2, 0.25) is 0 Å². The van der Waals surface area contributed by atoms with Crippen molar-refractivity contribution >= 4 is 28.5 Å². The number of hydrogen-bond acceptors (Lipinski definition) is 2. The minimum atomic E-state index is -0.235. The van der Waals surface area contributed by atoms with E-state index in [1.807, 2.05) is 31.2 Å². The standard InChI is InChI=1S/C24H22ClN3O/c1-17(26-24(29)19-11-13-20(25)14-12-19)23-27-21-9-5-6-10-22(21)28(23)16-15-18-7-3-2-4-8-18/h2-14,17H,15-16H2,1H3,(H,26,29). The van der Waals surface area contributed by atoms with Crippen molar-refractivity contribution in [2.75, 3.05) is 0 Å². The average Bonchev–Trinajstić information content (AvgIpc) is 3.12. The van der Waals surface area contributed by atoms with E-state index >= 15 is 0 Å². The first kappa shape index (κ1) is 19.2. The van der Waals surface area contributed by atoms with Crippen LogP contribution in [0.1, 0.15) is 34.7 Å². The maximum Gasteiger partial charge on any atom is 0.251 e. The van der Waals surface area contributed by atoms with Gasteiger partial charge >= 0.3 is 0 Å². The van der Waals surface area contributed by atoms with Gasteiger partial charge in [0.15, 0.2) is 0 Å². The quantitative estimate of drug-likeness (QED) is 0.467. The van der Waals surface area contributed by atoms with E-state index in [2.05, 4.69) is 40.2 Å². The Balaban J connectivity index is 1.60. The maximum atomic E-state index is 12.7. The van der Waals surface area contributed by atoms with Crippen molar-refractivity contribution in [3.63, 3.8) is 0 Å². The summed E-state index contributed by atoms with van der Waals surface area (Å²) in [6, 6.07) is 25.1. The number of amides is 1. The number of benzene rings is 3. The molecule has 4 nitrogen and oxygen atoms in total. The van der Waals surface area contributed by atoms with Crippen molar-refractivity contribution in [1.82, 2.24) is 14.9 Å². The van der Waals surface area contributed by atoms with Crippen molar-refractivity contribution in [2.24, 2.45) is 0 Å². The SMILES string of the molecule is CC(NC(=O)c1ccc(Cl)cc1)c1nc2ccccc2n1CCc1ccccc1. The molecule has 5 heteroatoms. The number of halogens is 1. The van der Waals surface area contributed by atoms with E-state index < -0.39 is 0 Å². The number of aryl methyl sites for hydroxylation is 2. The van der Waals surface area contributed by atoms with E-state index in [9.17, 15) is 4.79 Å². The highest BCUT2D eigenvalue weighted by Gasteiger charge is 2.19. The number of fused-ring (bicyclic) bond motifs is 1. The van der Waals surface area contributed by atoms with Gasteiger partial charge < -0.3 is 9.88 Å². The molecule has 0 radical (unpaired) electrons. The lowest BCUT2D eigenvalue weighted by Crippen LogP contribution is -2.28. The number of carbonyl (C=O) groups excluding carboxylic acids is 1. The van der Waals surface area contributed by atoms with Crippen molar-refractivity contribution in [1.29, 1.82) is 0 Å². The molecule has 0 aliphatic carbocycles. The summed E-state index contributed by atoms with van der Waals surface area (Å²) in [6.45, 7) is 2.76. The van der Waals surface area contributed by atoms with Crippen molar-refractivity contribution in [3.8, 4) is 0 Å². The molecule has 4 rings (SSSR count). The Bertz CT molecular complexity index is 1120. The molecule has 0 aliphatic rings. The van der Waals surface area contributed by atoms with Crippen LogP contribution in [0.4, 0.5) is 0 Å². The normalized spacial score (nSPS) is 12.1. The first-order valence-corrected chi connectivity index (χ1v) is 10.0. The van der Waals surface area contributed by atoms with E-state index in [-0.39, 0.29) is 11.9 Å². The summed E-state index contributed by atoms with van der Waals surface area (Å²) in [6.07, 6.45) is 0.895. The highest BCUT2D eigenvalue weighted by Crippen LogP contribution is 2.22. The van der Waals surface area contributed by atoms with E-state index in [0.29, 0.717) is 10.6 Å². The van der Waals surface area contributed by atoms with Gasteiger partial charge in [-0.25, -0.2) is 4.98 Å². The molecule has 4 aromatic rings. The van der Waals surface area contributed by atoms with Gasteiger partial charge in [0.1, 0.15) is 5.82 Å². The maximum absolute atomic E-state index is 12.7. The van der Waals surface area contributed by atoms with E-state index in [1.54, 1.807) is 24.3 Å². The van der Waals surface area contributed by atoms with Gasteiger partial charge in [0, 0.05) is 17.1 Å². The Morgan fingerprint density at radius 3 is 2.45 bits per heavy atom. The smallest absolute Gasteiger partial charge is 0.251 e. The molecule has 1 unspecified atom stereocenters. The Kier molecular flexibility index (Phi) is 5.63. The molecule has 1 N–H and O–H groups in total. The topological polar surface area (TPSA) is 46.9 Å². The molecule has 0 aliphatic heterocycles. The highest BCUT2D eigenvalue weighted by atomic mass is 35.5. The number of rotatable bonds is 6. The average molecular weight is 404 g/mol. The molecule has 0 saturated heterocycles. The van der Waals surface area contributed by atoms with Crippen LogP contribution in [0, 0.1) is 0 Å². The number of hydrogen-bond donors (Lipinski definition) is 1. The first-order chi connectivity index (χ1) is 14.1. The van der Waals surface area contributed by atoms with Crippen LogP contribution in [0.5, 0.6) is 0 Å². The molecule has 1 amide bonds. The number of nitrogens with zero attached hydrogens (tertiary/aromatic N) is 2. The highest BCUT2D eigenvalue weighted by molar-refractivity contribution is 6.30. The summed E-state index contributed by atoms with van der Waals surface area (Å²) in [5, 5.41) is 3.67. The van der Waals surface area contributed by atoms with Crippen LogP contribution in [-0.4, -0.2) is 15.5 Å². The third kappa shape index (κ3) is 4.33. The Labute approximate surface area is 175 Å². The lowest BCUT2D eigenvalue weighted by atomic mass is 10.1. The minimum Gasteiger partial charge on any atom is -0.342 e. The van der Waals surface area contributed by atoms with Crippen molar-refractivity contribution < 1.29 is 4.79 Å². The molecule has 1 heterocycles. The van der Waals surface area contributed by atoms with Crippen molar-refractivity contribution in [2.45, 2.75) is 25.9 Å². The summed E-state index contributed by atoms with van der Waals surface area (Å²) in [7, 11) is 0. The minimum absolute atomic E-state index is 0.143. The molecular weight excluding hydrogens is 382 g/mol. The number of carbonyl (C=O) groups is 1. The monoisotopic (exact) mass is 403 g/mol. The summed E-state index contributed by atoms with van der Waals surface area (Å²) < 4.78 is 2.20. The Hall–Kier alpha value is -3.11. The van der Waals surface area contributed by atoms with Crippen LogP contribution < -0.4 is 5.32 Å². The van der Waals surface area contributed by atoms with E-state index in [1.165, 1.54) is 5.56 Å². The molecule has 0 fully saturated rings. The van der Waals surface area contributed by atoms with Crippen LogP contribution in [0.15, 0.2) is 78.9 Å². The van der Waals surface area contributed by atoms with Gasteiger partial charge in [0.05, 0.1) is 17.1 Å². The molecule has 0 saturated carbocycles. The summed E-state index contributed by atoms with van der Waals surface area (Å²) >= 11 is 5.92. The fourth-order valence-corrected chi connectivity index (χ4v) is 3.62. The van der Waals surface area contributed by atoms with E-state index in [0.717, 1.165) is 29.8 Å². The van der Waals surface area contributed by atoms with Crippen LogP contribution in [0.2, 0.25) is 5.02 Å². The number of para-hydroxylation sites is 2. The van der Waals surface area contributed by atoms with Gasteiger partial charge in [-0.2, -0.15) is 0 Å². The number of imidazole rings is 1. The zero-order chi connectivity index (χ0) is 20.2. The molecule has 1 aromatic heterocycles. The Morgan fingerprint density at radius 2 is 1.69 bits per heavy atom. The summed E-state index contributed by atoms with van der Waals surface area (Å²) in [5.74, 6) is 0.709. The van der Waals surface area contributed by atoms with Crippen LogP contribution in [0.25, 0.3) is 11.0 Å². The largest absolute Gasteiger partial charge is 0.342 e.